The van der Waals surface area contributed by atoms with Gasteiger partial charge in [-0.15, -0.1) is 0 Å². The first-order valence-electron chi connectivity index (χ1n) is 8.18. The highest BCUT2D eigenvalue weighted by atomic mass is 35.5. The number of halogens is 1. The van der Waals surface area contributed by atoms with Crippen LogP contribution in [0.3, 0.4) is 0 Å². The minimum atomic E-state index is -0.702. The lowest BCUT2D eigenvalue weighted by Gasteiger charge is -2.09. The molecule has 2 aromatic rings. The molecular weight excluding hydrogens is 372 g/mol. The summed E-state index contributed by atoms with van der Waals surface area (Å²) in [6.07, 6.45) is 0. The fourth-order valence-corrected chi connectivity index (χ4v) is 2.11. The highest BCUT2D eigenvalue weighted by Gasteiger charge is 2.10. The number of hydrogen-bond acceptors (Lipinski definition) is 5. The normalized spacial score (nSPS) is 9.96. The number of carbonyl (C=O) groups is 3. The van der Waals surface area contributed by atoms with Crippen molar-refractivity contribution >= 4 is 29.4 Å². The first kappa shape index (κ1) is 20.3. The summed E-state index contributed by atoms with van der Waals surface area (Å²) in [6.45, 7) is -0.236. The van der Waals surface area contributed by atoms with Crippen molar-refractivity contribution in [1.82, 2.24) is 10.6 Å². The van der Waals surface area contributed by atoms with E-state index in [1.807, 2.05) is 0 Å². The molecule has 0 bridgehead atoms. The van der Waals surface area contributed by atoms with E-state index in [0.29, 0.717) is 16.3 Å². The lowest BCUT2D eigenvalue weighted by Crippen LogP contribution is -2.35. The molecule has 8 heteroatoms. The molecule has 2 aromatic carbocycles. The second kappa shape index (κ2) is 10.8. The van der Waals surface area contributed by atoms with Crippen LogP contribution in [-0.2, 0) is 14.3 Å². The van der Waals surface area contributed by atoms with Crippen LogP contribution in [0.25, 0.3) is 0 Å². The molecule has 0 unspecified atom stereocenters. The van der Waals surface area contributed by atoms with E-state index in [1.165, 1.54) is 0 Å². The number of rotatable bonds is 9. The van der Waals surface area contributed by atoms with Gasteiger partial charge in [0.2, 0.25) is 0 Å². The first-order valence-corrected chi connectivity index (χ1v) is 8.56. The average Bonchev–Trinajstić information content (AvgIpc) is 2.69. The van der Waals surface area contributed by atoms with Gasteiger partial charge in [-0.1, -0.05) is 29.8 Å². The van der Waals surface area contributed by atoms with Gasteiger partial charge in [0.05, 0.1) is 6.54 Å². The topological polar surface area (TPSA) is 93.7 Å². The molecule has 0 aliphatic carbocycles. The van der Waals surface area contributed by atoms with E-state index in [0.717, 1.165) is 0 Å². The van der Waals surface area contributed by atoms with Gasteiger partial charge < -0.3 is 20.1 Å². The molecular formula is C19H19ClN2O5. The lowest BCUT2D eigenvalue weighted by molar-refractivity contribution is -0.147. The Hall–Kier alpha value is -3.06. The van der Waals surface area contributed by atoms with Crippen molar-refractivity contribution < 1.29 is 23.9 Å². The fourth-order valence-electron chi connectivity index (χ4n) is 1.98. The van der Waals surface area contributed by atoms with Gasteiger partial charge in [-0.25, -0.2) is 0 Å². The number of ether oxygens (including phenoxy) is 2. The summed E-state index contributed by atoms with van der Waals surface area (Å²) in [5, 5.41) is 5.59. The van der Waals surface area contributed by atoms with Gasteiger partial charge in [-0.3, -0.25) is 14.4 Å². The molecule has 0 aliphatic heterocycles. The predicted molar refractivity (Wildman–Crippen MR) is 99.7 cm³/mol. The lowest BCUT2D eigenvalue weighted by atomic mass is 10.2. The molecule has 0 saturated heterocycles. The molecule has 2 rings (SSSR count). The van der Waals surface area contributed by atoms with Crippen molar-refractivity contribution in [3.8, 4) is 5.75 Å². The third kappa shape index (κ3) is 7.79. The molecule has 0 saturated carbocycles. The predicted octanol–water partition coefficient (Wildman–Crippen LogP) is 1.81. The molecule has 0 aliphatic rings. The molecule has 0 fully saturated rings. The van der Waals surface area contributed by atoms with E-state index in [9.17, 15) is 14.4 Å². The summed E-state index contributed by atoms with van der Waals surface area (Å²) in [6, 6.07) is 15.3. The summed E-state index contributed by atoms with van der Waals surface area (Å²) < 4.78 is 10.2. The van der Waals surface area contributed by atoms with Gasteiger partial charge in [0.25, 0.3) is 11.8 Å². The third-order valence-corrected chi connectivity index (χ3v) is 3.55. The number of hydrogen-bond donors (Lipinski definition) is 2. The van der Waals surface area contributed by atoms with Crippen molar-refractivity contribution in [2.75, 3.05) is 26.3 Å². The number of amides is 2. The molecule has 0 heterocycles. The maximum atomic E-state index is 11.8. The van der Waals surface area contributed by atoms with Crippen LogP contribution in [-0.4, -0.2) is 44.1 Å². The van der Waals surface area contributed by atoms with Crippen LogP contribution < -0.4 is 15.4 Å². The molecule has 27 heavy (non-hydrogen) atoms. The number of esters is 1. The van der Waals surface area contributed by atoms with Gasteiger partial charge in [0.1, 0.15) is 18.9 Å². The van der Waals surface area contributed by atoms with Crippen molar-refractivity contribution in [2.24, 2.45) is 0 Å². The second-order valence-electron chi connectivity index (χ2n) is 5.36. The maximum Gasteiger partial charge on any atom is 0.325 e. The minimum Gasteiger partial charge on any atom is -0.492 e. The van der Waals surface area contributed by atoms with Gasteiger partial charge in [-0.2, -0.15) is 0 Å². The van der Waals surface area contributed by atoms with E-state index in [1.54, 1.807) is 54.6 Å². The molecule has 2 amide bonds. The van der Waals surface area contributed by atoms with E-state index in [4.69, 9.17) is 21.1 Å². The summed E-state index contributed by atoms with van der Waals surface area (Å²) in [7, 11) is 0. The standard InChI is InChI=1S/C19H19ClN2O5/c20-15-6-8-16(9-7-15)26-11-10-21-17(23)13-27-18(24)12-22-19(25)14-4-2-1-3-5-14/h1-9H,10-13H2,(H,21,23)(H,22,25). The largest absolute Gasteiger partial charge is 0.492 e. The molecule has 0 spiro atoms. The second-order valence-corrected chi connectivity index (χ2v) is 5.80. The summed E-state index contributed by atoms with van der Waals surface area (Å²) in [5.74, 6) is -0.921. The van der Waals surface area contributed by atoms with Gasteiger partial charge in [0, 0.05) is 10.6 Å². The van der Waals surface area contributed by atoms with Crippen LogP contribution >= 0.6 is 11.6 Å². The average molecular weight is 391 g/mol. The van der Waals surface area contributed by atoms with Gasteiger partial charge in [0.15, 0.2) is 6.61 Å². The number of nitrogens with one attached hydrogen (secondary N) is 2. The maximum absolute atomic E-state index is 11.8. The zero-order valence-corrected chi connectivity index (χ0v) is 15.2. The molecule has 2 N–H and O–H groups in total. The first-order chi connectivity index (χ1) is 13.0. The molecule has 0 atom stereocenters. The van der Waals surface area contributed by atoms with E-state index < -0.39 is 24.4 Å². The van der Waals surface area contributed by atoms with Crippen molar-refractivity contribution in [3.63, 3.8) is 0 Å². The minimum absolute atomic E-state index is 0.254. The van der Waals surface area contributed by atoms with Crippen LogP contribution in [0.15, 0.2) is 54.6 Å². The van der Waals surface area contributed by atoms with Crippen molar-refractivity contribution in [3.05, 3.63) is 65.2 Å². The zero-order chi connectivity index (χ0) is 19.5. The SMILES string of the molecule is O=C(COC(=O)CNC(=O)c1ccccc1)NCCOc1ccc(Cl)cc1. The number of carbonyl (C=O) groups excluding carboxylic acids is 3. The van der Waals surface area contributed by atoms with Crippen LogP contribution in [0.2, 0.25) is 5.02 Å². The van der Waals surface area contributed by atoms with Crippen molar-refractivity contribution in [2.45, 2.75) is 0 Å². The Morgan fingerprint density at radius 1 is 0.926 bits per heavy atom. The molecule has 7 nitrogen and oxygen atoms in total. The Bertz CT molecular complexity index is 765. The highest BCUT2D eigenvalue weighted by molar-refractivity contribution is 6.30. The van der Waals surface area contributed by atoms with Gasteiger partial charge in [-0.05, 0) is 36.4 Å². The zero-order valence-electron chi connectivity index (χ0n) is 14.4. The smallest absolute Gasteiger partial charge is 0.325 e. The summed E-state index contributed by atoms with van der Waals surface area (Å²) in [5.41, 5.74) is 0.434. The van der Waals surface area contributed by atoms with Gasteiger partial charge >= 0.3 is 5.97 Å². The van der Waals surface area contributed by atoms with E-state index >= 15 is 0 Å². The Kier molecular flexibility index (Phi) is 8.12. The third-order valence-electron chi connectivity index (χ3n) is 3.30. The van der Waals surface area contributed by atoms with Crippen LogP contribution in [0.5, 0.6) is 5.75 Å². The van der Waals surface area contributed by atoms with E-state index in [2.05, 4.69) is 10.6 Å². The Labute approximate surface area is 161 Å². The Morgan fingerprint density at radius 2 is 1.63 bits per heavy atom. The van der Waals surface area contributed by atoms with Crippen LogP contribution in [0.4, 0.5) is 0 Å². The molecule has 0 aromatic heterocycles. The Balaban J connectivity index is 1.56. The number of benzene rings is 2. The highest BCUT2D eigenvalue weighted by Crippen LogP contribution is 2.15. The molecule has 0 radical (unpaired) electrons. The summed E-state index contributed by atoms with van der Waals surface area (Å²) >= 11 is 5.77. The van der Waals surface area contributed by atoms with E-state index in [-0.39, 0.29) is 19.7 Å². The van der Waals surface area contributed by atoms with Crippen LogP contribution in [0, 0.1) is 0 Å². The monoisotopic (exact) mass is 390 g/mol. The Morgan fingerprint density at radius 3 is 2.33 bits per heavy atom. The fraction of sp³-hybridized carbons (Fsp3) is 0.211. The summed E-state index contributed by atoms with van der Waals surface area (Å²) in [4.78, 5) is 35.0. The molecule has 142 valence electrons. The quantitative estimate of drug-likeness (QED) is 0.503. The van der Waals surface area contributed by atoms with Crippen LogP contribution in [0.1, 0.15) is 10.4 Å². The van der Waals surface area contributed by atoms with Crippen molar-refractivity contribution in [1.29, 1.82) is 0 Å².